The van der Waals surface area contributed by atoms with Gasteiger partial charge in [-0.1, -0.05) is 5.16 Å². The third-order valence-electron chi connectivity index (χ3n) is 2.62. The van der Waals surface area contributed by atoms with Crippen molar-refractivity contribution in [3.8, 4) is 0 Å². The molecule has 0 aromatic rings. The predicted molar refractivity (Wildman–Crippen MR) is 90.4 cm³/mol. The fraction of sp³-hybridized carbons (Fsp3) is 0.727. The summed E-state index contributed by atoms with van der Waals surface area (Å²) in [4.78, 5) is 23.2. The number of rotatable bonds is 8. The van der Waals surface area contributed by atoms with Gasteiger partial charge in [-0.05, 0) is 44.2 Å². The van der Waals surface area contributed by atoms with Gasteiger partial charge in [-0.25, -0.2) is 4.79 Å². The average molecular weight is 380 g/mol. The highest BCUT2D eigenvalue weighted by molar-refractivity contribution is 8.12. The van der Waals surface area contributed by atoms with Crippen LogP contribution >= 0.6 is 36.6 Å². The van der Waals surface area contributed by atoms with Crippen molar-refractivity contribution in [2.75, 3.05) is 19.5 Å². The van der Waals surface area contributed by atoms with Gasteiger partial charge >= 0.3 is 11.3 Å². The minimum atomic E-state index is -1.02. The number of halogens is 2. The number of carbonyl (C=O) groups is 2. The molecular weight excluding hydrogens is 357 g/mol. The lowest BCUT2D eigenvalue weighted by Gasteiger charge is -2.22. The molecule has 0 amide bonds. The maximum atomic E-state index is 11.1. The van der Waals surface area contributed by atoms with Crippen LogP contribution in [0, 0.1) is 0 Å². The molecule has 0 rings (SSSR count). The van der Waals surface area contributed by atoms with Gasteiger partial charge in [-0.3, -0.25) is 4.79 Å². The number of hydrogen-bond donors (Lipinski definition) is 3. The molecule has 8 nitrogen and oxygen atoms in total. The molecule has 0 saturated carbocycles. The molecule has 0 aromatic carbocycles. The number of carbonyl (C=O) groups excluding carboxylic acids is 1. The molecule has 0 aromatic heterocycles. The maximum absolute atomic E-state index is 11.1. The molecular formula is C11H23Cl2N3O5S. The quantitative estimate of drug-likeness (QED) is 0.111. The summed E-state index contributed by atoms with van der Waals surface area (Å²) in [5.41, 5.74) is 5.39. The highest BCUT2D eigenvalue weighted by Gasteiger charge is 2.13. The molecule has 0 bridgehead atoms. The van der Waals surface area contributed by atoms with Crippen molar-refractivity contribution in [3.63, 3.8) is 0 Å². The van der Waals surface area contributed by atoms with Gasteiger partial charge in [-0.2, -0.15) is 0 Å². The second kappa shape index (κ2) is 15.0. The van der Waals surface area contributed by atoms with Crippen molar-refractivity contribution in [2.24, 2.45) is 10.9 Å². The molecule has 0 aliphatic carbocycles. The van der Waals surface area contributed by atoms with Gasteiger partial charge in [-0.15, -0.1) is 24.8 Å². The van der Waals surface area contributed by atoms with Crippen molar-refractivity contribution < 1.29 is 24.6 Å². The molecule has 0 fully saturated rings. The largest absolute Gasteiger partial charge is 0.480 e. The maximum Gasteiger partial charge on any atom is 0.368 e. The average Bonchev–Trinajstić information content (AvgIpc) is 2.44. The summed E-state index contributed by atoms with van der Waals surface area (Å²) >= 11 is 0.950. The number of amidine groups is 1. The molecule has 0 aliphatic rings. The van der Waals surface area contributed by atoms with Crippen LogP contribution in [0.3, 0.4) is 0 Å². The van der Waals surface area contributed by atoms with E-state index in [0.29, 0.717) is 31.6 Å². The summed E-state index contributed by atoms with van der Waals surface area (Å²) in [5, 5.41) is 20.0. The smallest absolute Gasteiger partial charge is 0.368 e. The molecule has 4 N–H and O–H groups in total. The zero-order chi connectivity index (χ0) is 15.5. The van der Waals surface area contributed by atoms with Crippen LogP contribution in [-0.4, -0.2) is 57.9 Å². The zero-order valence-electron chi connectivity index (χ0n) is 12.4. The standard InChI is InChI=1S/C11H21N3O5S.2ClH/c1-8(13-18)14(7-19-11(17)20-2)6-4-3-5-9(12)10(15)16;;/h9,18H,3-7,12H2,1-2H3,(H,15,16);2*1H/b13-8+;;/t9-;;/m0../s1. The first kappa shape index (κ1) is 26.0. The van der Waals surface area contributed by atoms with E-state index in [2.05, 4.69) is 5.16 Å². The Bertz CT molecular complexity index is 361. The van der Waals surface area contributed by atoms with Crippen LogP contribution in [-0.2, 0) is 9.53 Å². The number of aliphatic carboxylic acids is 1. The fourth-order valence-electron chi connectivity index (χ4n) is 1.36. The third-order valence-corrected chi connectivity index (χ3v) is 3.07. The number of unbranched alkanes of at least 4 members (excludes halogenated alkanes) is 1. The van der Waals surface area contributed by atoms with Gasteiger partial charge in [0, 0.05) is 6.54 Å². The van der Waals surface area contributed by atoms with Crippen molar-refractivity contribution in [3.05, 3.63) is 0 Å². The van der Waals surface area contributed by atoms with E-state index in [1.807, 2.05) is 0 Å². The molecule has 0 spiro atoms. The number of hydrogen-bond acceptors (Lipinski definition) is 7. The fourth-order valence-corrected chi connectivity index (χ4v) is 1.53. The minimum absolute atomic E-state index is 0. The van der Waals surface area contributed by atoms with Crippen LogP contribution in [0.5, 0.6) is 0 Å². The first-order chi connectivity index (χ1) is 9.42. The molecule has 132 valence electrons. The molecule has 0 saturated heterocycles. The van der Waals surface area contributed by atoms with Crippen LogP contribution < -0.4 is 5.73 Å². The van der Waals surface area contributed by atoms with Crippen molar-refractivity contribution in [1.29, 1.82) is 0 Å². The van der Waals surface area contributed by atoms with Crippen LogP contribution in [0.25, 0.3) is 0 Å². The normalized spacial score (nSPS) is 11.7. The summed E-state index contributed by atoms with van der Waals surface area (Å²) in [6.07, 6.45) is 3.22. The summed E-state index contributed by atoms with van der Waals surface area (Å²) in [6.45, 7) is 2.04. The second-order valence-corrected chi connectivity index (χ2v) is 4.82. The lowest BCUT2D eigenvalue weighted by Crippen LogP contribution is -2.33. The van der Waals surface area contributed by atoms with Gasteiger partial charge in [0.1, 0.15) is 11.9 Å². The number of nitrogens with zero attached hydrogens (tertiary/aromatic N) is 2. The predicted octanol–water partition coefficient (Wildman–Crippen LogP) is 1.98. The van der Waals surface area contributed by atoms with E-state index in [1.165, 1.54) is 0 Å². The van der Waals surface area contributed by atoms with Crippen LogP contribution in [0.15, 0.2) is 5.16 Å². The summed E-state index contributed by atoms with van der Waals surface area (Å²) in [6, 6.07) is -0.870. The van der Waals surface area contributed by atoms with Crippen LogP contribution in [0.2, 0.25) is 0 Å². The Hall–Kier alpha value is -0.900. The van der Waals surface area contributed by atoms with Crippen molar-refractivity contribution in [2.45, 2.75) is 32.2 Å². The van der Waals surface area contributed by atoms with Gasteiger partial charge < -0.3 is 25.7 Å². The Morgan fingerprint density at radius 1 is 1.36 bits per heavy atom. The Labute approximate surface area is 146 Å². The van der Waals surface area contributed by atoms with E-state index in [0.717, 1.165) is 11.8 Å². The van der Waals surface area contributed by atoms with Crippen molar-refractivity contribution in [1.82, 2.24) is 4.90 Å². The molecule has 0 radical (unpaired) electrons. The Morgan fingerprint density at radius 2 is 1.95 bits per heavy atom. The molecule has 0 unspecified atom stereocenters. The van der Waals surface area contributed by atoms with Crippen LogP contribution in [0.1, 0.15) is 26.2 Å². The molecule has 0 heterocycles. The number of oxime groups is 1. The van der Waals surface area contributed by atoms with Gasteiger partial charge in [0.2, 0.25) is 0 Å². The van der Waals surface area contributed by atoms with E-state index in [-0.39, 0.29) is 31.5 Å². The summed E-state index contributed by atoms with van der Waals surface area (Å²) in [5.74, 6) is -0.703. The summed E-state index contributed by atoms with van der Waals surface area (Å²) in [7, 11) is 0. The Kier molecular flexibility index (Phi) is 17.8. The first-order valence-electron chi connectivity index (χ1n) is 6.05. The monoisotopic (exact) mass is 379 g/mol. The Morgan fingerprint density at radius 3 is 2.41 bits per heavy atom. The molecule has 1 atom stereocenters. The number of ether oxygens (including phenoxy) is 1. The lowest BCUT2D eigenvalue weighted by molar-refractivity contribution is -0.138. The van der Waals surface area contributed by atoms with Gasteiger partial charge in [0.05, 0.1) is 0 Å². The van der Waals surface area contributed by atoms with E-state index in [1.54, 1.807) is 18.1 Å². The van der Waals surface area contributed by atoms with E-state index in [4.69, 9.17) is 20.8 Å². The lowest BCUT2D eigenvalue weighted by atomic mass is 10.1. The number of thioether (sulfide) groups is 1. The molecule has 11 heteroatoms. The highest BCUT2D eigenvalue weighted by Crippen LogP contribution is 2.05. The first-order valence-corrected chi connectivity index (χ1v) is 7.27. The zero-order valence-corrected chi connectivity index (χ0v) is 14.9. The van der Waals surface area contributed by atoms with Crippen molar-refractivity contribution >= 4 is 53.7 Å². The van der Waals surface area contributed by atoms with Gasteiger partial charge in [0.15, 0.2) is 6.73 Å². The molecule has 0 aliphatic heterocycles. The number of carboxylic acid groups (broad SMARTS) is 1. The number of nitrogens with two attached hydrogens (primary N) is 1. The Balaban J connectivity index is -0.00000180. The molecule has 22 heavy (non-hydrogen) atoms. The van der Waals surface area contributed by atoms with E-state index >= 15 is 0 Å². The topological polar surface area (TPSA) is 125 Å². The SMILES string of the molecule is CSC(=O)OCN(CCCC[C@H](N)C(=O)O)/C(C)=N/O.Cl.Cl. The van der Waals surface area contributed by atoms with Gasteiger partial charge in [0.25, 0.3) is 0 Å². The van der Waals surface area contributed by atoms with E-state index in [9.17, 15) is 9.59 Å². The second-order valence-electron chi connectivity index (χ2n) is 4.08. The summed E-state index contributed by atoms with van der Waals surface area (Å²) < 4.78 is 4.93. The number of carboxylic acids is 1. The highest BCUT2D eigenvalue weighted by atomic mass is 35.5. The van der Waals surface area contributed by atoms with E-state index < -0.39 is 17.3 Å². The van der Waals surface area contributed by atoms with Crippen LogP contribution in [0.4, 0.5) is 4.79 Å². The minimum Gasteiger partial charge on any atom is -0.480 e. The third kappa shape index (κ3) is 11.7.